The van der Waals surface area contributed by atoms with Crippen molar-refractivity contribution in [1.29, 1.82) is 0 Å². The first-order chi connectivity index (χ1) is 11.8. The van der Waals surface area contributed by atoms with Crippen LogP contribution in [-0.4, -0.2) is 28.5 Å². The van der Waals surface area contributed by atoms with Crippen molar-refractivity contribution in [2.24, 2.45) is 0 Å². The fourth-order valence-electron chi connectivity index (χ4n) is 3.19. The largest absolute Gasteiger partial charge is 0.354 e. The highest BCUT2D eigenvalue weighted by Gasteiger charge is 2.33. The van der Waals surface area contributed by atoms with Gasteiger partial charge in [0.15, 0.2) is 0 Å². The van der Waals surface area contributed by atoms with E-state index in [0.717, 1.165) is 16.8 Å². The molecule has 6 heteroatoms. The van der Waals surface area contributed by atoms with Gasteiger partial charge in [0.1, 0.15) is 0 Å². The third-order valence-electron chi connectivity index (χ3n) is 4.60. The molecule has 1 amide bonds. The smallest absolute Gasteiger partial charge is 0.252 e. The van der Waals surface area contributed by atoms with E-state index in [1.807, 2.05) is 50.8 Å². The number of H-pyrrole nitrogens is 1. The molecule has 0 radical (unpaired) electrons. The normalized spacial score (nSPS) is 17.4. The molecule has 1 fully saturated rings. The van der Waals surface area contributed by atoms with E-state index in [4.69, 9.17) is 0 Å². The summed E-state index contributed by atoms with van der Waals surface area (Å²) in [5, 5.41) is 3.11. The molecule has 0 bridgehead atoms. The lowest BCUT2D eigenvalue weighted by Crippen LogP contribution is -2.25. The van der Waals surface area contributed by atoms with Gasteiger partial charge < -0.3 is 10.2 Å². The van der Waals surface area contributed by atoms with Gasteiger partial charge >= 0.3 is 0 Å². The molecule has 6 nitrogen and oxygen atoms in total. The molecule has 1 aromatic carbocycles. The molecule has 1 saturated heterocycles. The average Bonchev–Trinajstić information content (AvgIpc) is 2.90. The first kappa shape index (κ1) is 17.2. The molecule has 1 aliphatic rings. The number of carbonyl (C=O) groups excluding carboxylic acids is 1. The number of hydrogen-bond acceptors (Lipinski definition) is 4. The monoisotopic (exact) mass is 340 g/mol. The minimum atomic E-state index is -0.203. The van der Waals surface area contributed by atoms with E-state index < -0.39 is 0 Å². The lowest BCUT2D eigenvalue weighted by atomic mass is 10.0. The summed E-state index contributed by atoms with van der Waals surface area (Å²) in [6.07, 6.45) is 0.366. The Morgan fingerprint density at radius 1 is 1.28 bits per heavy atom. The van der Waals surface area contributed by atoms with Crippen LogP contribution < -0.4 is 15.8 Å². The molecule has 25 heavy (non-hydrogen) atoms. The summed E-state index contributed by atoms with van der Waals surface area (Å²) in [5.74, 6) is 0.441. The van der Waals surface area contributed by atoms with Gasteiger partial charge in [0.05, 0.1) is 5.69 Å². The lowest BCUT2D eigenvalue weighted by molar-refractivity contribution is -0.117. The Morgan fingerprint density at radius 3 is 2.76 bits per heavy atom. The Balaban J connectivity index is 1.89. The van der Waals surface area contributed by atoms with E-state index in [0.29, 0.717) is 24.6 Å². The highest BCUT2D eigenvalue weighted by molar-refractivity contribution is 5.97. The van der Waals surface area contributed by atoms with Crippen LogP contribution in [0.3, 0.4) is 0 Å². The molecule has 1 atom stereocenters. The zero-order valence-corrected chi connectivity index (χ0v) is 15.1. The van der Waals surface area contributed by atoms with Gasteiger partial charge in [-0.25, -0.2) is 4.98 Å². The quantitative estimate of drug-likeness (QED) is 0.897. The van der Waals surface area contributed by atoms with Gasteiger partial charge in [-0.05, 0) is 44.9 Å². The maximum Gasteiger partial charge on any atom is 0.252 e. The van der Waals surface area contributed by atoms with Crippen LogP contribution in [-0.2, 0) is 4.79 Å². The molecule has 0 spiro atoms. The maximum atomic E-state index is 12.6. The third kappa shape index (κ3) is 3.57. The summed E-state index contributed by atoms with van der Waals surface area (Å²) in [6, 6.07) is 7.64. The zero-order chi connectivity index (χ0) is 18.1. The molecule has 2 aromatic rings. The Bertz CT molecular complexity index is 857. The van der Waals surface area contributed by atoms with Crippen molar-refractivity contribution in [3.05, 3.63) is 51.4 Å². The fraction of sp³-hybridized carbons (Fsp3) is 0.421. The van der Waals surface area contributed by atoms with E-state index >= 15 is 0 Å². The average molecular weight is 340 g/mol. The van der Waals surface area contributed by atoms with Gasteiger partial charge in [-0.15, -0.1) is 0 Å². The van der Waals surface area contributed by atoms with Crippen LogP contribution in [0.1, 0.15) is 43.0 Å². The molecule has 1 aromatic heterocycles. The summed E-state index contributed by atoms with van der Waals surface area (Å²) in [5.41, 5.74) is 3.67. The van der Waals surface area contributed by atoms with Crippen LogP contribution in [0.5, 0.6) is 0 Å². The van der Waals surface area contributed by atoms with Crippen LogP contribution >= 0.6 is 0 Å². The first-order valence-corrected chi connectivity index (χ1v) is 8.59. The highest BCUT2D eigenvalue weighted by Crippen LogP contribution is 2.33. The number of aryl methyl sites for hydroxylation is 1. The van der Waals surface area contributed by atoms with Crippen molar-refractivity contribution in [1.82, 2.24) is 9.97 Å². The Hall–Kier alpha value is -2.63. The summed E-state index contributed by atoms with van der Waals surface area (Å²) < 4.78 is 0. The van der Waals surface area contributed by atoms with Crippen molar-refractivity contribution < 1.29 is 4.79 Å². The number of aromatic nitrogens is 2. The van der Waals surface area contributed by atoms with Crippen LogP contribution in [0, 0.1) is 13.8 Å². The van der Waals surface area contributed by atoms with Crippen LogP contribution in [0.4, 0.5) is 11.6 Å². The molecular formula is C19H24N4O2. The van der Waals surface area contributed by atoms with E-state index in [-0.39, 0.29) is 23.4 Å². The van der Waals surface area contributed by atoms with E-state index in [1.165, 1.54) is 6.07 Å². The number of nitrogens with one attached hydrogen (secondary N) is 2. The topological polar surface area (TPSA) is 78.1 Å². The van der Waals surface area contributed by atoms with Gasteiger partial charge in [-0.2, -0.15) is 0 Å². The predicted octanol–water partition coefficient (Wildman–Crippen LogP) is 2.73. The molecule has 2 N–H and O–H groups in total. The number of anilines is 2. The fourth-order valence-corrected chi connectivity index (χ4v) is 3.19. The number of aromatic amines is 1. The summed E-state index contributed by atoms with van der Waals surface area (Å²) in [6.45, 7) is 8.57. The number of rotatable bonds is 4. The summed E-state index contributed by atoms with van der Waals surface area (Å²) in [4.78, 5) is 33.5. The minimum absolute atomic E-state index is 0.0687. The standard InChI is InChI=1S/C19H24N4O2/c1-11(2)20-19-21-15(9-17(24)22-19)14-8-18(25)23(10-14)16-7-5-6-12(3)13(16)4/h5-7,9,11,14H,8,10H2,1-4H3,(H2,20,21,22,24). The number of benzene rings is 1. The molecule has 2 heterocycles. The van der Waals surface area contributed by atoms with Crippen molar-refractivity contribution in [3.8, 4) is 0 Å². The second kappa shape index (κ2) is 6.70. The molecule has 0 aliphatic carbocycles. The lowest BCUT2D eigenvalue weighted by Gasteiger charge is -2.20. The van der Waals surface area contributed by atoms with Gasteiger partial charge in [0, 0.05) is 36.7 Å². The second-order valence-corrected chi connectivity index (χ2v) is 6.94. The van der Waals surface area contributed by atoms with E-state index in [1.54, 1.807) is 0 Å². The van der Waals surface area contributed by atoms with Crippen molar-refractivity contribution in [2.75, 3.05) is 16.8 Å². The Kier molecular flexibility index (Phi) is 4.61. The Morgan fingerprint density at radius 2 is 2.04 bits per heavy atom. The second-order valence-electron chi connectivity index (χ2n) is 6.94. The first-order valence-electron chi connectivity index (χ1n) is 8.59. The SMILES string of the molecule is Cc1cccc(N2CC(c3cc(=O)[nH]c(NC(C)C)n3)CC2=O)c1C. The molecule has 0 saturated carbocycles. The van der Waals surface area contributed by atoms with Crippen molar-refractivity contribution >= 4 is 17.5 Å². The van der Waals surface area contributed by atoms with Crippen molar-refractivity contribution in [3.63, 3.8) is 0 Å². The zero-order valence-electron chi connectivity index (χ0n) is 15.1. The highest BCUT2D eigenvalue weighted by atomic mass is 16.2. The maximum absolute atomic E-state index is 12.6. The number of amides is 1. The van der Waals surface area contributed by atoms with Crippen molar-refractivity contribution in [2.45, 2.75) is 46.1 Å². The van der Waals surface area contributed by atoms with E-state index in [9.17, 15) is 9.59 Å². The van der Waals surface area contributed by atoms with Gasteiger partial charge in [-0.3, -0.25) is 14.6 Å². The molecule has 1 unspecified atom stereocenters. The van der Waals surface area contributed by atoms with E-state index in [2.05, 4.69) is 15.3 Å². The van der Waals surface area contributed by atoms with Crippen LogP contribution in [0.15, 0.2) is 29.1 Å². The van der Waals surface area contributed by atoms with Crippen LogP contribution in [0.25, 0.3) is 0 Å². The predicted molar refractivity (Wildman–Crippen MR) is 99.2 cm³/mol. The Labute approximate surface area is 147 Å². The summed E-state index contributed by atoms with van der Waals surface area (Å²) >= 11 is 0. The summed E-state index contributed by atoms with van der Waals surface area (Å²) in [7, 11) is 0. The molecule has 3 rings (SSSR count). The number of carbonyl (C=O) groups is 1. The third-order valence-corrected chi connectivity index (χ3v) is 4.60. The van der Waals surface area contributed by atoms with Gasteiger partial charge in [0.25, 0.3) is 5.56 Å². The van der Waals surface area contributed by atoms with Crippen LogP contribution in [0.2, 0.25) is 0 Å². The molecule has 132 valence electrons. The molecular weight excluding hydrogens is 316 g/mol. The molecule has 1 aliphatic heterocycles. The van der Waals surface area contributed by atoms with Gasteiger partial charge in [-0.1, -0.05) is 12.1 Å². The number of nitrogens with zero attached hydrogens (tertiary/aromatic N) is 2. The minimum Gasteiger partial charge on any atom is -0.354 e. The number of hydrogen-bond donors (Lipinski definition) is 2. The van der Waals surface area contributed by atoms with Gasteiger partial charge in [0.2, 0.25) is 11.9 Å².